The second kappa shape index (κ2) is 16.5. The van der Waals surface area contributed by atoms with Gasteiger partial charge in [-0.25, -0.2) is 0 Å². The molecule has 0 radical (unpaired) electrons. The molecule has 272 valence electrons. The average molecular weight is 710 g/mol. The fourth-order valence-electron chi connectivity index (χ4n) is 6.10. The van der Waals surface area contributed by atoms with E-state index in [1.54, 1.807) is 0 Å². The lowest BCUT2D eigenvalue weighted by molar-refractivity contribution is -0.427. The highest BCUT2D eigenvalue weighted by Gasteiger charge is 2.57. The Morgan fingerprint density at radius 1 is 1.08 bits per heavy atom. The molecule has 1 amide bonds. The lowest BCUT2D eigenvalue weighted by Crippen LogP contribution is -2.71. The lowest BCUT2D eigenvalue weighted by Gasteiger charge is -2.44. The van der Waals surface area contributed by atoms with Crippen LogP contribution in [-0.4, -0.2) is 89.2 Å². The van der Waals surface area contributed by atoms with Gasteiger partial charge in [0.15, 0.2) is 0 Å². The van der Waals surface area contributed by atoms with Crippen LogP contribution in [0, 0.1) is 6.92 Å². The van der Waals surface area contributed by atoms with Gasteiger partial charge in [-0.15, -0.1) is 11.8 Å². The fraction of sp³-hybridized carbons (Fsp3) is 0.526. The summed E-state index contributed by atoms with van der Waals surface area (Å²) in [6.45, 7) is 3.33. The molecule has 3 aromatic rings. The average Bonchev–Trinajstić information content (AvgIpc) is 4.05. The van der Waals surface area contributed by atoms with Gasteiger partial charge in [0.2, 0.25) is 5.91 Å². The van der Waals surface area contributed by atoms with Crippen LogP contribution in [0.3, 0.4) is 0 Å². The number of thioether (sulfide) groups is 1. The summed E-state index contributed by atoms with van der Waals surface area (Å²) in [4.78, 5) is 19.1. The topological polar surface area (TPSA) is 176 Å². The summed E-state index contributed by atoms with van der Waals surface area (Å²) in [7, 11) is 0. The first kappa shape index (κ1) is 38.2. The van der Waals surface area contributed by atoms with Crippen LogP contribution in [0.2, 0.25) is 0 Å². The van der Waals surface area contributed by atoms with E-state index in [1.807, 2.05) is 43.6 Å². The highest BCUT2D eigenvalue weighted by atomic mass is 32.2. The summed E-state index contributed by atoms with van der Waals surface area (Å²) in [5.41, 5.74) is 5.46. The summed E-state index contributed by atoms with van der Waals surface area (Å²) >= 11 is 1.54. The van der Waals surface area contributed by atoms with Crippen LogP contribution in [0.5, 0.6) is 5.75 Å². The van der Waals surface area contributed by atoms with Crippen LogP contribution in [0.4, 0.5) is 0 Å². The zero-order valence-electron chi connectivity index (χ0n) is 28.9. The van der Waals surface area contributed by atoms with Gasteiger partial charge in [0.1, 0.15) is 11.9 Å². The lowest BCUT2D eigenvalue weighted by atomic mass is 9.94. The van der Waals surface area contributed by atoms with Crippen LogP contribution in [0.1, 0.15) is 81.4 Å². The minimum Gasteiger partial charge on any atom is -0.490 e. The van der Waals surface area contributed by atoms with E-state index in [1.165, 1.54) is 11.8 Å². The normalized spacial score (nSPS) is 16.2. The molecule has 2 aliphatic carbocycles. The molecule has 0 bridgehead atoms. The predicted molar refractivity (Wildman–Crippen MR) is 191 cm³/mol. The molecule has 2 saturated carbocycles. The van der Waals surface area contributed by atoms with Crippen molar-refractivity contribution in [3.05, 3.63) is 77.6 Å². The van der Waals surface area contributed by atoms with E-state index in [9.17, 15) is 35.4 Å². The van der Waals surface area contributed by atoms with E-state index in [4.69, 9.17) is 4.74 Å². The van der Waals surface area contributed by atoms with Crippen molar-refractivity contribution in [2.45, 2.75) is 113 Å². The molecule has 50 heavy (non-hydrogen) atoms. The van der Waals surface area contributed by atoms with Crippen molar-refractivity contribution >= 4 is 17.7 Å². The molecule has 0 aliphatic heterocycles. The van der Waals surface area contributed by atoms with Gasteiger partial charge in [-0.3, -0.25) is 14.7 Å². The Morgan fingerprint density at radius 3 is 2.54 bits per heavy atom. The van der Waals surface area contributed by atoms with Crippen LogP contribution in [0.15, 0.2) is 65.8 Å². The Hall–Kier alpha value is -3.07. The van der Waals surface area contributed by atoms with Gasteiger partial charge in [0.05, 0.1) is 12.7 Å². The number of aryl methyl sites for hydroxylation is 1. The number of carbonyl (C=O) groups is 1. The zero-order valence-corrected chi connectivity index (χ0v) is 29.7. The van der Waals surface area contributed by atoms with Crippen LogP contribution < -0.4 is 10.1 Å². The monoisotopic (exact) mass is 709 g/mol. The second-order valence-electron chi connectivity index (χ2n) is 13.5. The first-order valence-corrected chi connectivity index (χ1v) is 18.6. The van der Waals surface area contributed by atoms with Crippen molar-refractivity contribution in [3.63, 3.8) is 0 Å². The third-order valence-corrected chi connectivity index (χ3v) is 10.7. The second-order valence-corrected chi connectivity index (χ2v) is 14.7. The Labute approximate surface area is 298 Å². The largest absolute Gasteiger partial charge is 0.490 e. The molecule has 1 unspecified atom stereocenters. The number of hydrogen-bond acceptors (Lipinski definition) is 11. The number of nitrogens with zero attached hydrogens (tertiary/aromatic N) is 2. The van der Waals surface area contributed by atoms with Crippen molar-refractivity contribution in [2.75, 3.05) is 18.9 Å². The number of aromatic nitrogens is 1. The predicted octanol–water partition coefficient (Wildman–Crippen LogP) is 3.94. The van der Waals surface area contributed by atoms with E-state index in [0.717, 1.165) is 77.0 Å². The Morgan fingerprint density at radius 2 is 1.84 bits per heavy atom. The van der Waals surface area contributed by atoms with Crippen molar-refractivity contribution in [2.24, 2.45) is 0 Å². The fourth-order valence-corrected chi connectivity index (χ4v) is 7.00. The van der Waals surface area contributed by atoms with Crippen molar-refractivity contribution in [1.29, 1.82) is 0 Å². The maximum Gasteiger partial charge on any atom is 0.308 e. The molecule has 1 atom stereocenters. The smallest absolute Gasteiger partial charge is 0.308 e. The molecular formula is C38H51N3O8S. The first-order valence-electron chi connectivity index (χ1n) is 17.6. The number of carbonyl (C=O) groups excluding carboxylic acids is 1. The number of hydrogen-bond donors (Lipinski definition) is 7. The summed E-state index contributed by atoms with van der Waals surface area (Å²) in [6.07, 6.45) is 8.26. The van der Waals surface area contributed by atoms with E-state index in [0.29, 0.717) is 36.1 Å². The number of unbranched alkanes of at least 4 members (excludes halogenated alkanes) is 2. The molecule has 1 heterocycles. The van der Waals surface area contributed by atoms with Crippen molar-refractivity contribution < 1.29 is 40.2 Å². The van der Waals surface area contributed by atoms with E-state index in [2.05, 4.69) is 41.5 Å². The molecule has 7 N–H and O–H groups in total. The summed E-state index contributed by atoms with van der Waals surface area (Å²) in [6, 6.07) is 16.5. The number of ether oxygens (including phenoxy) is 1. The van der Waals surface area contributed by atoms with Gasteiger partial charge >= 0.3 is 5.91 Å². The van der Waals surface area contributed by atoms with E-state index < -0.39 is 30.3 Å². The number of rotatable bonds is 20. The van der Waals surface area contributed by atoms with Crippen LogP contribution in [-0.2, 0) is 16.9 Å². The minimum absolute atomic E-state index is 0.0355. The van der Waals surface area contributed by atoms with E-state index in [-0.39, 0.29) is 18.5 Å². The van der Waals surface area contributed by atoms with Crippen molar-refractivity contribution in [3.8, 4) is 16.9 Å². The molecule has 2 fully saturated rings. The van der Waals surface area contributed by atoms with Gasteiger partial charge in [-0.05, 0) is 97.7 Å². The van der Waals surface area contributed by atoms with Crippen LogP contribution in [0.25, 0.3) is 11.1 Å². The van der Waals surface area contributed by atoms with E-state index >= 15 is 0 Å². The number of pyridine rings is 1. The molecule has 5 rings (SSSR count). The molecule has 0 spiro atoms. The third-order valence-electron chi connectivity index (χ3n) is 9.62. The number of aliphatic hydroxyl groups excluding tert-OH is 2. The Balaban J connectivity index is 1.23. The van der Waals surface area contributed by atoms with Gasteiger partial charge in [0, 0.05) is 47.9 Å². The highest BCUT2D eigenvalue weighted by molar-refractivity contribution is 7.99. The summed E-state index contributed by atoms with van der Waals surface area (Å²) < 4.78 is 6.26. The summed E-state index contributed by atoms with van der Waals surface area (Å²) in [5, 5.41) is 65.1. The number of amides is 1. The first-order chi connectivity index (χ1) is 23.9. The molecular weight excluding hydrogens is 658 g/mol. The Bertz CT molecular complexity index is 1590. The van der Waals surface area contributed by atoms with Gasteiger partial charge in [0.25, 0.3) is 5.79 Å². The molecule has 2 aliphatic rings. The third kappa shape index (κ3) is 8.86. The van der Waals surface area contributed by atoms with Crippen LogP contribution >= 0.6 is 11.8 Å². The highest BCUT2D eigenvalue weighted by Crippen LogP contribution is 2.50. The maximum absolute atomic E-state index is 13.0. The molecule has 0 saturated heterocycles. The summed E-state index contributed by atoms with van der Waals surface area (Å²) in [5.74, 6) is -6.40. The Kier molecular flexibility index (Phi) is 12.6. The minimum atomic E-state index is -3.57. The molecule has 11 nitrogen and oxygen atoms in total. The standard InChI is InChI=1S/C38H51N3O8S/c1-3-4-5-11-35(44)41(38(47,48)37(45,46)34(43)25-42)20-8-21-50-29-15-12-26(2)27(22-29)23-40-36(17-18-36)32-24-39-19-16-30(32)31-9-6-7-10-33(31)49-28-13-14-28/h6-7,9-10,12,15-16,19,22,24,28,34,40,42-43,45-48H,3-5,8,11,13-14,17-18,20-21,23,25H2,1-2H3. The molecule has 1 aromatic heterocycles. The maximum atomic E-state index is 13.0. The molecule has 2 aromatic carbocycles. The van der Waals surface area contributed by atoms with Gasteiger partial charge in [-0.1, -0.05) is 44.0 Å². The van der Waals surface area contributed by atoms with Crippen molar-refractivity contribution in [1.82, 2.24) is 15.2 Å². The quantitative estimate of drug-likeness (QED) is 0.0514. The van der Waals surface area contributed by atoms with Gasteiger partial charge < -0.3 is 40.7 Å². The van der Waals surface area contributed by atoms with Gasteiger partial charge in [-0.2, -0.15) is 0 Å². The SMILES string of the molecule is CCCCCC(=O)N(CCCSc1ccc(C)c(CNC2(c3cnccc3-c3ccccc3OC3CC3)CC2)c1)C(O)(O)C(O)(O)C(O)CO. The zero-order chi connectivity index (χ0) is 35.9. The number of benzene rings is 2. The number of aliphatic hydroxyl groups is 6. The molecule has 12 heteroatoms. The number of nitrogens with one attached hydrogen (secondary N) is 1. The number of para-hydroxylation sites is 1.